The summed E-state index contributed by atoms with van der Waals surface area (Å²) in [4.78, 5) is 13.8. The van der Waals surface area contributed by atoms with E-state index in [9.17, 15) is 4.79 Å². The summed E-state index contributed by atoms with van der Waals surface area (Å²) < 4.78 is 0. The fourth-order valence-electron chi connectivity index (χ4n) is 2.36. The lowest BCUT2D eigenvalue weighted by Crippen LogP contribution is -2.48. The Morgan fingerprint density at radius 2 is 1.79 bits per heavy atom. The quantitative estimate of drug-likeness (QED) is 0.596. The number of carbonyl (C=O) groups excluding carboxylic acids is 1. The Balaban J connectivity index is 2.01. The Morgan fingerprint density at radius 3 is 2.47 bits per heavy atom. The number of β-lactam (4-membered cyclic amide) rings is 1. The number of halogens is 1. The molecule has 3 heteroatoms. The number of para-hydroxylation sites is 1. The van der Waals surface area contributed by atoms with Gasteiger partial charge in [-0.05, 0) is 29.8 Å². The Labute approximate surface area is 116 Å². The van der Waals surface area contributed by atoms with Crippen LogP contribution in [-0.2, 0) is 4.79 Å². The molecule has 1 amide bonds. The van der Waals surface area contributed by atoms with Gasteiger partial charge in [0, 0.05) is 16.3 Å². The topological polar surface area (TPSA) is 20.3 Å². The van der Waals surface area contributed by atoms with Gasteiger partial charge in [-0.25, -0.2) is 0 Å². The Hall–Kier alpha value is -2.06. The molecule has 2 aromatic rings. The summed E-state index contributed by atoms with van der Waals surface area (Å²) in [7, 11) is 0. The fourth-order valence-corrected chi connectivity index (χ4v) is 2.56. The summed E-state index contributed by atoms with van der Waals surface area (Å²) in [6.45, 7) is 3.87. The molecule has 1 aliphatic heterocycles. The van der Waals surface area contributed by atoms with E-state index < -0.39 is 0 Å². The highest BCUT2D eigenvalue weighted by Crippen LogP contribution is 2.42. The van der Waals surface area contributed by atoms with Crippen molar-refractivity contribution in [3.63, 3.8) is 0 Å². The van der Waals surface area contributed by atoms with Crippen LogP contribution in [0.4, 0.5) is 5.69 Å². The van der Waals surface area contributed by atoms with Crippen LogP contribution in [-0.4, -0.2) is 5.91 Å². The van der Waals surface area contributed by atoms with Crippen LogP contribution in [0.2, 0.25) is 5.02 Å². The van der Waals surface area contributed by atoms with Crippen LogP contribution in [0.3, 0.4) is 0 Å². The summed E-state index contributed by atoms with van der Waals surface area (Å²) in [6, 6.07) is 17.0. The molecule has 0 radical (unpaired) electrons. The minimum atomic E-state index is -0.117. The summed E-state index contributed by atoms with van der Waals surface area (Å²) in [5.41, 5.74) is 2.47. The lowest BCUT2D eigenvalue weighted by atomic mass is 9.88. The number of hydrogen-bond acceptors (Lipinski definition) is 1. The van der Waals surface area contributed by atoms with Crippen molar-refractivity contribution in [3.05, 3.63) is 77.3 Å². The molecule has 19 heavy (non-hydrogen) atoms. The predicted octanol–water partition coefficient (Wildman–Crippen LogP) is 3.98. The smallest absolute Gasteiger partial charge is 0.256 e. The Morgan fingerprint density at radius 1 is 1.05 bits per heavy atom. The van der Waals surface area contributed by atoms with E-state index in [1.807, 2.05) is 54.6 Å². The first kappa shape index (κ1) is 12.0. The number of benzene rings is 2. The van der Waals surface area contributed by atoms with E-state index in [2.05, 4.69) is 6.58 Å². The molecule has 1 atom stereocenters. The molecule has 1 fully saturated rings. The zero-order valence-corrected chi connectivity index (χ0v) is 11.0. The number of nitrogens with zero attached hydrogens (tertiary/aromatic N) is 1. The summed E-state index contributed by atoms with van der Waals surface area (Å²) in [5.74, 6) is -0.0313. The fraction of sp³-hybridized carbons (Fsp3) is 0.0625. The van der Waals surface area contributed by atoms with Crippen molar-refractivity contribution in [2.45, 2.75) is 6.04 Å². The zero-order valence-electron chi connectivity index (χ0n) is 10.2. The summed E-state index contributed by atoms with van der Waals surface area (Å²) in [5, 5.41) is 0.665. The second kappa shape index (κ2) is 4.56. The van der Waals surface area contributed by atoms with Crippen molar-refractivity contribution in [3.8, 4) is 0 Å². The van der Waals surface area contributed by atoms with Crippen LogP contribution in [0.25, 0.3) is 0 Å². The third-order valence-corrected chi connectivity index (χ3v) is 3.52. The maximum Gasteiger partial charge on any atom is 0.256 e. The van der Waals surface area contributed by atoms with Gasteiger partial charge in [-0.3, -0.25) is 9.69 Å². The molecule has 0 spiro atoms. The molecule has 1 unspecified atom stereocenters. The average Bonchev–Trinajstić information content (AvgIpc) is 2.44. The monoisotopic (exact) mass is 269 g/mol. The van der Waals surface area contributed by atoms with Gasteiger partial charge in [0.05, 0.1) is 6.04 Å². The molecule has 0 aromatic heterocycles. The molecule has 0 aliphatic carbocycles. The SMILES string of the molecule is C=C1C(=O)N(c2ccccc2)C1c1cccc(Cl)c1. The molecule has 0 bridgehead atoms. The first-order valence-corrected chi connectivity index (χ1v) is 6.39. The van der Waals surface area contributed by atoms with Gasteiger partial charge in [0.25, 0.3) is 5.91 Å². The lowest BCUT2D eigenvalue weighted by molar-refractivity contribution is -0.118. The van der Waals surface area contributed by atoms with E-state index in [1.54, 1.807) is 4.90 Å². The van der Waals surface area contributed by atoms with Crippen LogP contribution in [0.1, 0.15) is 11.6 Å². The highest BCUT2D eigenvalue weighted by Gasteiger charge is 2.42. The van der Waals surface area contributed by atoms with Crippen LogP contribution in [0.5, 0.6) is 0 Å². The Kier molecular flexibility index (Phi) is 2.88. The van der Waals surface area contributed by atoms with E-state index in [4.69, 9.17) is 11.6 Å². The molecular weight excluding hydrogens is 258 g/mol. The molecule has 94 valence electrons. The molecule has 0 saturated carbocycles. The highest BCUT2D eigenvalue weighted by molar-refractivity contribution is 6.30. The van der Waals surface area contributed by atoms with Crippen molar-refractivity contribution in [1.82, 2.24) is 0 Å². The molecule has 2 nitrogen and oxygen atoms in total. The van der Waals surface area contributed by atoms with Gasteiger partial charge >= 0.3 is 0 Å². The van der Waals surface area contributed by atoms with Crippen molar-refractivity contribution in [1.29, 1.82) is 0 Å². The van der Waals surface area contributed by atoms with Gasteiger partial charge in [0.15, 0.2) is 0 Å². The van der Waals surface area contributed by atoms with Gasteiger partial charge in [0.1, 0.15) is 0 Å². The third-order valence-electron chi connectivity index (χ3n) is 3.28. The number of hydrogen-bond donors (Lipinski definition) is 0. The van der Waals surface area contributed by atoms with Crippen molar-refractivity contribution < 1.29 is 4.79 Å². The van der Waals surface area contributed by atoms with E-state index in [-0.39, 0.29) is 11.9 Å². The molecule has 1 heterocycles. The first-order valence-electron chi connectivity index (χ1n) is 6.01. The predicted molar refractivity (Wildman–Crippen MR) is 77.3 cm³/mol. The van der Waals surface area contributed by atoms with E-state index >= 15 is 0 Å². The van der Waals surface area contributed by atoms with Gasteiger partial charge in [0.2, 0.25) is 0 Å². The van der Waals surface area contributed by atoms with Gasteiger partial charge in [-0.15, -0.1) is 0 Å². The van der Waals surface area contributed by atoms with E-state index in [0.717, 1.165) is 11.3 Å². The van der Waals surface area contributed by atoms with Crippen molar-refractivity contribution in [2.75, 3.05) is 4.90 Å². The number of amides is 1. The van der Waals surface area contributed by atoms with E-state index in [0.29, 0.717) is 10.6 Å². The number of carbonyl (C=O) groups is 1. The first-order chi connectivity index (χ1) is 9.18. The Bertz CT molecular complexity index is 651. The number of rotatable bonds is 2. The van der Waals surface area contributed by atoms with Gasteiger partial charge in [-0.1, -0.05) is 48.5 Å². The van der Waals surface area contributed by atoms with Crippen LogP contribution >= 0.6 is 11.6 Å². The van der Waals surface area contributed by atoms with Crippen LogP contribution < -0.4 is 4.90 Å². The third kappa shape index (κ3) is 1.94. The normalized spacial score (nSPS) is 18.4. The van der Waals surface area contributed by atoms with Crippen LogP contribution in [0, 0.1) is 0 Å². The highest BCUT2D eigenvalue weighted by atomic mass is 35.5. The molecule has 0 N–H and O–H groups in total. The largest absolute Gasteiger partial charge is 0.297 e. The minimum Gasteiger partial charge on any atom is -0.297 e. The second-order valence-corrected chi connectivity index (χ2v) is 4.93. The summed E-state index contributed by atoms with van der Waals surface area (Å²) >= 11 is 6.01. The van der Waals surface area contributed by atoms with Crippen molar-refractivity contribution in [2.24, 2.45) is 0 Å². The molecule has 3 rings (SSSR count). The van der Waals surface area contributed by atoms with Crippen molar-refractivity contribution >= 4 is 23.2 Å². The number of anilines is 1. The molecule has 1 saturated heterocycles. The maximum atomic E-state index is 12.0. The van der Waals surface area contributed by atoms with Crippen LogP contribution in [0.15, 0.2) is 66.7 Å². The second-order valence-electron chi connectivity index (χ2n) is 4.49. The standard InChI is InChI=1S/C16H12ClNO/c1-11-15(12-6-5-7-13(17)10-12)18(16(11)19)14-8-3-2-4-9-14/h2-10,15H,1H2. The molecular formula is C16H12ClNO. The molecule has 2 aromatic carbocycles. The minimum absolute atomic E-state index is 0.0313. The molecule has 1 aliphatic rings. The van der Waals surface area contributed by atoms with Gasteiger partial charge < -0.3 is 0 Å². The van der Waals surface area contributed by atoms with Gasteiger partial charge in [-0.2, -0.15) is 0 Å². The average molecular weight is 270 g/mol. The lowest BCUT2D eigenvalue weighted by Gasteiger charge is -2.42. The zero-order chi connectivity index (χ0) is 13.4. The van der Waals surface area contributed by atoms with E-state index in [1.165, 1.54) is 0 Å². The maximum absolute atomic E-state index is 12.0. The summed E-state index contributed by atoms with van der Waals surface area (Å²) in [6.07, 6.45) is 0.